The maximum absolute atomic E-state index is 13.7. The third-order valence-corrected chi connectivity index (χ3v) is 3.95. The van der Waals surface area contributed by atoms with E-state index in [-0.39, 0.29) is 10.8 Å². The van der Waals surface area contributed by atoms with Gasteiger partial charge in [-0.3, -0.25) is 0 Å². The van der Waals surface area contributed by atoms with Gasteiger partial charge in [-0.25, -0.2) is 4.39 Å². The Morgan fingerprint density at radius 2 is 2.11 bits per heavy atom. The lowest BCUT2D eigenvalue weighted by Crippen LogP contribution is -2.26. The van der Waals surface area contributed by atoms with Gasteiger partial charge in [-0.2, -0.15) is 0 Å². The molecule has 98 valence electrons. The molecule has 4 heteroatoms. The Labute approximate surface area is 113 Å². The van der Waals surface area contributed by atoms with Gasteiger partial charge in [0.1, 0.15) is 10.8 Å². The lowest BCUT2D eigenvalue weighted by molar-refractivity contribution is 0.482. The highest BCUT2D eigenvalue weighted by molar-refractivity contribution is 7.80. The molecule has 0 bridgehead atoms. The first-order valence-electron chi connectivity index (χ1n) is 6.44. The van der Waals surface area contributed by atoms with Crippen molar-refractivity contribution in [3.8, 4) is 0 Å². The molecule has 1 aliphatic carbocycles. The zero-order valence-corrected chi connectivity index (χ0v) is 11.4. The minimum absolute atomic E-state index is 0.106. The van der Waals surface area contributed by atoms with Gasteiger partial charge in [-0.1, -0.05) is 31.1 Å². The van der Waals surface area contributed by atoms with E-state index >= 15 is 0 Å². The van der Waals surface area contributed by atoms with Crippen LogP contribution in [0, 0.1) is 11.7 Å². The zero-order valence-electron chi connectivity index (χ0n) is 10.6. The number of anilines is 1. The summed E-state index contributed by atoms with van der Waals surface area (Å²) in [6, 6.07) is 5.23. The fourth-order valence-electron chi connectivity index (χ4n) is 2.72. The van der Waals surface area contributed by atoms with Crippen molar-refractivity contribution in [1.29, 1.82) is 0 Å². The van der Waals surface area contributed by atoms with Crippen molar-refractivity contribution in [2.24, 2.45) is 11.7 Å². The second-order valence-electron chi connectivity index (χ2n) is 5.00. The average Bonchev–Trinajstić information content (AvgIpc) is 2.81. The van der Waals surface area contributed by atoms with E-state index in [1.807, 2.05) is 6.07 Å². The largest absolute Gasteiger partial charge is 0.389 e. The predicted molar refractivity (Wildman–Crippen MR) is 77.3 cm³/mol. The molecule has 18 heavy (non-hydrogen) atoms. The molecule has 1 saturated carbocycles. The van der Waals surface area contributed by atoms with Crippen LogP contribution in [0.15, 0.2) is 18.2 Å². The highest BCUT2D eigenvalue weighted by Gasteiger charge is 2.22. The molecule has 1 aromatic carbocycles. The van der Waals surface area contributed by atoms with E-state index in [9.17, 15) is 4.39 Å². The van der Waals surface area contributed by atoms with E-state index < -0.39 is 0 Å². The number of hydrogen-bond acceptors (Lipinski definition) is 2. The van der Waals surface area contributed by atoms with Gasteiger partial charge in [0.05, 0.1) is 5.56 Å². The van der Waals surface area contributed by atoms with Crippen LogP contribution in [0.1, 0.15) is 38.2 Å². The van der Waals surface area contributed by atoms with Crippen molar-refractivity contribution in [2.75, 3.05) is 5.32 Å². The van der Waals surface area contributed by atoms with E-state index in [4.69, 9.17) is 18.0 Å². The smallest absolute Gasteiger partial charge is 0.135 e. The Morgan fingerprint density at radius 3 is 2.72 bits per heavy atom. The zero-order chi connectivity index (χ0) is 13.1. The molecule has 2 nitrogen and oxygen atoms in total. The van der Waals surface area contributed by atoms with Crippen LogP contribution in [-0.2, 0) is 0 Å². The molecule has 1 fully saturated rings. The van der Waals surface area contributed by atoms with E-state index in [0.29, 0.717) is 23.2 Å². The molecule has 0 saturated heterocycles. The monoisotopic (exact) mass is 266 g/mol. The Bertz CT molecular complexity index is 441. The third kappa shape index (κ3) is 2.80. The predicted octanol–water partition coefficient (Wildman–Crippen LogP) is 3.45. The van der Waals surface area contributed by atoms with Crippen molar-refractivity contribution in [2.45, 2.75) is 38.6 Å². The summed E-state index contributed by atoms with van der Waals surface area (Å²) >= 11 is 4.92. The molecule has 0 spiro atoms. The molecular formula is C14H19FN2S. The minimum Gasteiger partial charge on any atom is -0.389 e. The minimum atomic E-state index is -0.355. The summed E-state index contributed by atoms with van der Waals surface area (Å²) < 4.78 is 13.7. The van der Waals surface area contributed by atoms with E-state index in [1.54, 1.807) is 6.07 Å². The Morgan fingerprint density at radius 1 is 1.44 bits per heavy atom. The molecule has 1 aliphatic rings. The summed E-state index contributed by atoms with van der Waals surface area (Å²) in [5, 5.41) is 3.37. The summed E-state index contributed by atoms with van der Waals surface area (Å²) in [4.78, 5) is 0.106. The van der Waals surface area contributed by atoms with Crippen molar-refractivity contribution in [3.05, 3.63) is 29.6 Å². The maximum Gasteiger partial charge on any atom is 0.135 e. The summed E-state index contributed by atoms with van der Waals surface area (Å²) in [7, 11) is 0. The lowest BCUT2D eigenvalue weighted by atomic mass is 9.99. The molecule has 0 amide bonds. The molecule has 1 atom stereocenters. The molecule has 1 aromatic rings. The van der Waals surface area contributed by atoms with Crippen molar-refractivity contribution >= 4 is 22.9 Å². The first-order chi connectivity index (χ1) is 8.59. The number of benzene rings is 1. The van der Waals surface area contributed by atoms with Gasteiger partial charge < -0.3 is 11.1 Å². The molecular weight excluding hydrogens is 247 g/mol. The van der Waals surface area contributed by atoms with Gasteiger partial charge in [-0.15, -0.1) is 0 Å². The first-order valence-corrected chi connectivity index (χ1v) is 6.85. The number of hydrogen-bond donors (Lipinski definition) is 2. The van der Waals surface area contributed by atoms with Crippen molar-refractivity contribution in [1.82, 2.24) is 0 Å². The Balaban J connectivity index is 2.17. The summed E-state index contributed by atoms with van der Waals surface area (Å²) in [5.74, 6) is 0.304. The van der Waals surface area contributed by atoms with Crippen LogP contribution < -0.4 is 11.1 Å². The van der Waals surface area contributed by atoms with Gasteiger partial charge >= 0.3 is 0 Å². The van der Waals surface area contributed by atoms with Crippen LogP contribution in [-0.4, -0.2) is 11.0 Å². The Hall–Kier alpha value is -1.16. The molecule has 0 radical (unpaired) electrons. The van der Waals surface area contributed by atoms with Gasteiger partial charge in [0.25, 0.3) is 0 Å². The molecule has 3 N–H and O–H groups in total. The number of thiocarbonyl (C=S) groups is 1. The fourth-order valence-corrected chi connectivity index (χ4v) is 2.92. The highest BCUT2D eigenvalue weighted by atomic mass is 32.1. The molecule has 2 rings (SSSR count). The number of nitrogens with two attached hydrogens (primary N) is 1. The number of nitrogens with one attached hydrogen (secondary N) is 1. The summed E-state index contributed by atoms with van der Waals surface area (Å²) in [5.41, 5.74) is 6.64. The molecule has 0 heterocycles. The number of rotatable bonds is 4. The lowest BCUT2D eigenvalue weighted by Gasteiger charge is -2.23. The standard InChI is InChI=1S/C14H19FN2S/c1-9(10-5-2-3-6-10)17-12-8-4-7-11(15)13(12)14(16)18/h4,7-10,17H,2-3,5-6H2,1H3,(H2,16,18). The topological polar surface area (TPSA) is 38.0 Å². The van der Waals surface area contributed by atoms with E-state index in [1.165, 1.54) is 31.7 Å². The SMILES string of the molecule is CC(Nc1cccc(F)c1C(N)=S)C1CCCC1. The van der Waals surface area contributed by atoms with Gasteiger partial charge in [0.15, 0.2) is 0 Å². The van der Waals surface area contributed by atoms with Crippen molar-refractivity contribution < 1.29 is 4.39 Å². The molecule has 0 aromatic heterocycles. The van der Waals surface area contributed by atoms with Gasteiger partial charge in [0.2, 0.25) is 0 Å². The molecule has 1 unspecified atom stereocenters. The van der Waals surface area contributed by atoms with E-state index in [2.05, 4.69) is 12.2 Å². The summed E-state index contributed by atoms with van der Waals surface area (Å²) in [6.07, 6.45) is 5.07. The van der Waals surface area contributed by atoms with Crippen LogP contribution in [0.25, 0.3) is 0 Å². The van der Waals surface area contributed by atoms with Crippen LogP contribution >= 0.6 is 12.2 Å². The Kier molecular flexibility index (Phi) is 4.17. The van der Waals surface area contributed by atoms with Crippen LogP contribution in [0.5, 0.6) is 0 Å². The van der Waals surface area contributed by atoms with Crippen LogP contribution in [0.2, 0.25) is 0 Å². The third-order valence-electron chi connectivity index (χ3n) is 3.75. The normalized spacial score (nSPS) is 17.7. The maximum atomic E-state index is 13.7. The number of halogens is 1. The highest BCUT2D eigenvalue weighted by Crippen LogP contribution is 2.30. The second kappa shape index (κ2) is 5.65. The quantitative estimate of drug-likeness (QED) is 0.820. The second-order valence-corrected chi connectivity index (χ2v) is 5.44. The van der Waals surface area contributed by atoms with Crippen LogP contribution in [0.4, 0.5) is 10.1 Å². The van der Waals surface area contributed by atoms with Crippen molar-refractivity contribution in [3.63, 3.8) is 0 Å². The van der Waals surface area contributed by atoms with Gasteiger partial charge in [0, 0.05) is 11.7 Å². The van der Waals surface area contributed by atoms with Crippen LogP contribution in [0.3, 0.4) is 0 Å². The average molecular weight is 266 g/mol. The fraction of sp³-hybridized carbons (Fsp3) is 0.500. The summed E-state index contributed by atoms with van der Waals surface area (Å²) in [6.45, 7) is 2.14. The van der Waals surface area contributed by atoms with Gasteiger partial charge in [-0.05, 0) is 37.8 Å². The first kappa shape index (κ1) is 13.3. The van der Waals surface area contributed by atoms with E-state index in [0.717, 1.165) is 0 Å². The molecule has 0 aliphatic heterocycles.